The van der Waals surface area contributed by atoms with Crippen molar-refractivity contribution in [2.24, 2.45) is 0 Å². The first-order chi connectivity index (χ1) is 8.74. The number of rotatable bonds is 5. The lowest BCUT2D eigenvalue weighted by atomic mass is 10.1. The Labute approximate surface area is 106 Å². The van der Waals surface area contributed by atoms with Gasteiger partial charge in [-0.3, -0.25) is 4.79 Å². The summed E-state index contributed by atoms with van der Waals surface area (Å²) in [5.41, 5.74) is 0.511. The molecule has 1 saturated heterocycles. The van der Waals surface area contributed by atoms with Gasteiger partial charge >= 0.3 is 0 Å². The van der Waals surface area contributed by atoms with Crippen LogP contribution in [-0.2, 0) is 9.47 Å². The Hall–Kier alpha value is -1.59. The normalized spacial score (nSPS) is 15.7. The van der Waals surface area contributed by atoms with Gasteiger partial charge in [-0.25, -0.2) is 0 Å². The van der Waals surface area contributed by atoms with E-state index in [1.165, 1.54) is 7.11 Å². The molecule has 0 atom stereocenters. The van der Waals surface area contributed by atoms with Crippen LogP contribution in [0.5, 0.6) is 11.5 Å². The zero-order valence-corrected chi connectivity index (χ0v) is 10.5. The summed E-state index contributed by atoms with van der Waals surface area (Å²) in [6.45, 7) is 1.08. The van der Waals surface area contributed by atoms with Gasteiger partial charge in [0.2, 0.25) is 0 Å². The van der Waals surface area contributed by atoms with Gasteiger partial charge in [-0.1, -0.05) is 0 Å². The third kappa shape index (κ3) is 2.80. The molecule has 98 valence electrons. The topological polar surface area (TPSA) is 54.0 Å². The van der Waals surface area contributed by atoms with Gasteiger partial charge in [0.25, 0.3) is 0 Å². The molecule has 0 saturated carbocycles. The van der Waals surface area contributed by atoms with E-state index in [9.17, 15) is 4.79 Å². The highest BCUT2D eigenvalue weighted by molar-refractivity contribution is 5.99. The van der Waals surface area contributed by atoms with Crippen LogP contribution in [0.4, 0.5) is 0 Å². The predicted molar refractivity (Wildman–Crippen MR) is 64.2 cm³/mol. The standard InChI is InChI=1S/C13H16O5/c1-15-9-3-4-10(12(7-9)16-2)11(14)8-13-17-5-6-18-13/h3-4,7,13H,5-6,8H2,1-2H3. The minimum atomic E-state index is -0.440. The molecule has 1 aliphatic heterocycles. The Balaban J connectivity index is 2.13. The Morgan fingerprint density at radius 1 is 1.28 bits per heavy atom. The summed E-state index contributed by atoms with van der Waals surface area (Å²) >= 11 is 0. The van der Waals surface area contributed by atoms with Gasteiger partial charge in [0.05, 0.1) is 39.4 Å². The van der Waals surface area contributed by atoms with E-state index in [-0.39, 0.29) is 12.2 Å². The van der Waals surface area contributed by atoms with Gasteiger partial charge in [0.1, 0.15) is 11.5 Å². The minimum Gasteiger partial charge on any atom is -0.497 e. The number of carbonyl (C=O) groups is 1. The highest BCUT2D eigenvalue weighted by Crippen LogP contribution is 2.26. The van der Waals surface area contributed by atoms with Crippen LogP contribution in [0.15, 0.2) is 18.2 Å². The SMILES string of the molecule is COc1ccc(C(=O)CC2OCCO2)c(OC)c1. The van der Waals surface area contributed by atoms with E-state index >= 15 is 0 Å². The van der Waals surface area contributed by atoms with E-state index in [4.69, 9.17) is 18.9 Å². The molecule has 0 unspecified atom stereocenters. The fourth-order valence-corrected chi connectivity index (χ4v) is 1.82. The fraction of sp³-hybridized carbons (Fsp3) is 0.462. The van der Waals surface area contributed by atoms with E-state index in [0.717, 1.165) is 0 Å². The average Bonchev–Trinajstić information content (AvgIpc) is 2.90. The molecule has 0 amide bonds. The van der Waals surface area contributed by atoms with Gasteiger partial charge in [-0.05, 0) is 12.1 Å². The molecule has 1 aromatic carbocycles. The van der Waals surface area contributed by atoms with Crippen LogP contribution < -0.4 is 9.47 Å². The summed E-state index contributed by atoms with van der Waals surface area (Å²) < 4.78 is 20.8. The van der Waals surface area contributed by atoms with Crippen molar-refractivity contribution in [2.45, 2.75) is 12.7 Å². The first kappa shape index (κ1) is 12.9. The van der Waals surface area contributed by atoms with Gasteiger partial charge in [-0.15, -0.1) is 0 Å². The molecule has 1 aliphatic rings. The highest BCUT2D eigenvalue weighted by Gasteiger charge is 2.22. The molecular formula is C13H16O5. The van der Waals surface area contributed by atoms with Gasteiger partial charge < -0.3 is 18.9 Å². The fourth-order valence-electron chi connectivity index (χ4n) is 1.82. The molecule has 0 bridgehead atoms. The number of hydrogen-bond acceptors (Lipinski definition) is 5. The van der Waals surface area contributed by atoms with Crippen LogP contribution in [0.3, 0.4) is 0 Å². The van der Waals surface area contributed by atoms with Crippen molar-refractivity contribution in [1.29, 1.82) is 0 Å². The van der Waals surface area contributed by atoms with Gasteiger partial charge in [0, 0.05) is 6.07 Å². The summed E-state index contributed by atoms with van der Waals surface area (Å²) in [6.07, 6.45) is -0.243. The molecule has 1 aromatic rings. The van der Waals surface area contributed by atoms with E-state index in [0.29, 0.717) is 30.3 Å². The average molecular weight is 252 g/mol. The lowest BCUT2D eigenvalue weighted by molar-refractivity contribution is -0.0407. The van der Waals surface area contributed by atoms with Crippen molar-refractivity contribution in [3.05, 3.63) is 23.8 Å². The molecule has 1 heterocycles. The smallest absolute Gasteiger partial charge is 0.171 e. The summed E-state index contributed by atoms with van der Waals surface area (Å²) in [5, 5.41) is 0. The molecule has 0 aliphatic carbocycles. The molecule has 5 heteroatoms. The first-order valence-corrected chi connectivity index (χ1v) is 5.73. The molecule has 0 aromatic heterocycles. The van der Waals surface area contributed by atoms with Crippen LogP contribution in [0.1, 0.15) is 16.8 Å². The number of hydrogen-bond donors (Lipinski definition) is 0. The zero-order chi connectivity index (χ0) is 13.0. The molecule has 2 rings (SSSR count). The Morgan fingerprint density at radius 3 is 2.61 bits per heavy atom. The summed E-state index contributed by atoms with van der Waals surface area (Å²) in [7, 11) is 3.09. The zero-order valence-electron chi connectivity index (χ0n) is 10.5. The Morgan fingerprint density at radius 2 is 2.00 bits per heavy atom. The van der Waals surface area contributed by atoms with E-state index in [1.54, 1.807) is 25.3 Å². The largest absolute Gasteiger partial charge is 0.497 e. The number of methoxy groups -OCH3 is 2. The van der Waals surface area contributed by atoms with Crippen LogP contribution in [-0.4, -0.2) is 39.5 Å². The van der Waals surface area contributed by atoms with E-state index < -0.39 is 6.29 Å². The van der Waals surface area contributed by atoms with Crippen molar-refractivity contribution in [2.75, 3.05) is 27.4 Å². The van der Waals surface area contributed by atoms with Crippen molar-refractivity contribution < 1.29 is 23.7 Å². The van der Waals surface area contributed by atoms with Crippen molar-refractivity contribution >= 4 is 5.78 Å². The second kappa shape index (κ2) is 5.84. The maximum absolute atomic E-state index is 12.1. The van der Waals surface area contributed by atoms with Gasteiger partial charge in [-0.2, -0.15) is 0 Å². The second-order valence-electron chi connectivity index (χ2n) is 3.86. The lowest BCUT2D eigenvalue weighted by Crippen LogP contribution is -2.15. The quantitative estimate of drug-likeness (QED) is 0.746. The summed E-state index contributed by atoms with van der Waals surface area (Å²) in [4.78, 5) is 12.1. The molecular weight excluding hydrogens is 236 g/mol. The lowest BCUT2D eigenvalue weighted by Gasteiger charge is -2.11. The molecule has 1 fully saturated rings. The van der Waals surface area contributed by atoms with Gasteiger partial charge in [0.15, 0.2) is 12.1 Å². The van der Waals surface area contributed by atoms with Crippen molar-refractivity contribution in [3.8, 4) is 11.5 Å². The van der Waals surface area contributed by atoms with Crippen LogP contribution in [0.25, 0.3) is 0 Å². The third-order valence-electron chi connectivity index (χ3n) is 2.75. The van der Waals surface area contributed by atoms with E-state index in [1.807, 2.05) is 0 Å². The van der Waals surface area contributed by atoms with E-state index in [2.05, 4.69) is 0 Å². The molecule has 5 nitrogen and oxygen atoms in total. The first-order valence-electron chi connectivity index (χ1n) is 5.73. The number of ether oxygens (including phenoxy) is 4. The number of benzene rings is 1. The van der Waals surface area contributed by atoms with Crippen LogP contribution in [0, 0.1) is 0 Å². The maximum atomic E-state index is 12.1. The predicted octanol–water partition coefficient (Wildman–Crippen LogP) is 1.65. The summed E-state index contributed by atoms with van der Waals surface area (Å²) in [5.74, 6) is 1.08. The molecule has 0 spiro atoms. The third-order valence-corrected chi connectivity index (χ3v) is 2.75. The van der Waals surface area contributed by atoms with Crippen LogP contribution in [0.2, 0.25) is 0 Å². The number of Topliss-reactive ketones (excluding diaryl/α,β-unsaturated/α-hetero) is 1. The summed E-state index contributed by atoms with van der Waals surface area (Å²) in [6, 6.07) is 5.10. The van der Waals surface area contributed by atoms with Crippen molar-refractivity contribution in [1.82, 2.24) is 0 Å². The highest BCUT2D eigenvalue weighted by atomic mass is 16.7. The maximum Gasteiger partial charge on any atom is 0.171 e. The monoisotopic (exact) mass is 252 g/mol. The Bertz CT molecular complexity index is 423. The minimum absolute atomic E-state index is 0.0681. The Kier molecular flexibility index (Phi) is 4.17. The molecule has 18 heavy (non-hydrogen) atoms. The molecule has 0 radical (unpaired) electrons. The van der Waals surface area contributed by atoms with Crippen LogP contribution >= 0.6 is 0 Å². The second-order valence-corrected chi connectivity index (χ2v) is 3.86. The van der Waals surface area contributed by atoms with Crippen molar-refractivity contribution in [3.63, 3.8) is 0 Å². The number of ketones is 1. The number of carbonyl (C=O) groups excluding carboxylic acids is 1. The molecule has 0 N–H and O–H groups in total.